The fraction of sp³-hybridized carbons (Fsp3) is 0.667. The zero-order valence-corrected chi connectivity index (χ0v) is 13.4. The Morgan fingerprint density at radius 3 is 1.95 bits per heavy atom. The lowest BCUT2D eigenvalue weighted by Gasteiger charge is -2.18. The smallest absolute Gasteiger partial charge is 0.122 e. The molecule has 1 heteroatoms. The summed E-state index contributed by atoms with van der Waals surface area (Å²) in [5.74, 6) is 0.551. The molecule has 0 heterocycles. The van der Waals surface area contributed by atoms with Gasteiger partial charge in [-0.1, -0.05) is 39.5 Å². The van der Waals surface area contributed by atoms with Gasteiger partial charge in [-0.05, 0) is 67.9 Å². The van der Waals surface area contributed by atoms with Crippen molar-refractivity contribution in [2.45, 2.75) is 79.6 Å². The van der Waals surface area contributed by atoms with E-state index < -0.39 is 0 Å². The Labute approximate surface area is 119 Å². The van der Waals surface area contributed by atoms with Crippen LogP contribution in [0.4, 0.5) is 0 Å². The number of hydrogen-bond acceptors (Lipinski definition) is 1. The lowest BCUT2D eigenvalue weighted by Crippen LogP contribution is -2.02. The van der Waals surface area contributed by atoms with Crippen LogP contribution < -0.4 is 0 Å². The molecule has 0 aliphatic heterocycles. The minimum atomic E-state index is 0.551. The molecule has 0 radical (unpaired) electrons. The molecule has 0 saturated carbocycles. The van der Waals surface area contributed by atoms with Crippen LogP contribution in [0.2, 0.25) is 0 Å². The number of phenols is 1. The van der Waals surface area contributed by atoms with E-state index in [-0.39, 0.29) is 0 Å². The van der Waals surface area contributed by atoms with Gasteiger partial charge in [0.05, 0.1) is 0 Å². The van der Waals surface area contributed by atoms with Gasteiger partial charge in [-0.2, -0.15) is 0 Å². The van der Waals surface area contributed by atoms with E-state index in [0.29, 0.717) is 5.75 Å². The highest BCUT2D eigenvalue weighted by atomic mass is 16.3. The van der Waals surface area contributed by atoms with Crippen molar-refractivity contribution in [2.24, 2.45) is 0 Å². The molecule has 108 valence electrons. The molecule has 0 unspecified atom stereocenters. The van der Waals surface area contributed by atoms with Crippen LogP contribution in [0.25, 0.3) is 0 Å². The SMILES string of the molecule is CCCCCCCc1c(O)c(C)c(C)c(C)c1CC. The lowest BCUT2D eigenvalue weighted by atomic mass is 9.88. The number of phenolic OH excluding ortho intramolecular Hbond substituents is 1. The number of rotatable bonds is 7. The van der Waals surface area contributed by atoms with Gasteiger partial charge in [0.2, 0.25) is 0 Å². The van der Waals surface area contributed by atoms with Gasteiger partial charge >= 0.3 is 0 Å². The fourth-order valence-corrected chi connectivity index (χ4v) is 2.93. The maximum Gasteiger partial charge on any atom is 0.122 e. The molecule has 0 aliphatic carbocycles. The number of unbranched alkanes of at least 4 members (excludes halogenated alkanes) is 4. The zero-order valence-electron chi connectivity index (χ0n) is 13.4. The average molecular weight is 262 g/mol. The quantitative estimate of drug-likeness (QED) is 0.653. The highest BCUT2D eigenvalue weighted by Crippen LogP contribution is 2.33. The Balaban J connectivity index is 2.87. The summed E-state index contributed by atoms with van der Waals surface area (Å²) in [6.45, 7) is 10.8. The molecule has 0 aliphatic rings. The van der Waals surface area contributed by atoms with Gasteiger partial charge in [0, 0.05) is 0 Å². The third-order valence-electron chi connectivity index (χ3n) is 4.47. The molecule has 0 fully saturated rings. The third-order valence-corrected chi connectivity index (χ3v) is 4.47. The summed E-state index contributed by atoms with van der Waals surface area (Å²) in [6, 6.07) is 0. The van der Waals surface area contributed by atoms with Crippen LogP contribution in [0.5, 0.6) is 5.75 Å². The molecule has 1 aromatic carbocycles. The summed E-state index contributed by atoms with van der Waals surface area (Å²) in [5, 5.41) is 10.4. The molecular weight excluding hydrogens is 232 g/mol. The van der Waals surface area contributed by atoms with E-state index in [1.807, 2.05) is 6.92 Å². The molecule has 0 amide bonds. The van der Waals surface area contributed by atoms with Crippen LogP contribution in [0.1, 0.15) is 73.8 Å². The molecule has 0 saturated heterocycles. The van der Waals surface area contributed by atoms with Crippen LogP contribution in [0, 0.1) is 20.8 Å². The molecule has 0 aromatic heterocycles. The minimum Gasteiger partial charge on any atom is -0.507 e. The first-order valence-electron chi connectivity index (χ1n) is 7.84. The summed E-state index contributed by atoms with van der Waals surface area (Å²) in [4.78, 5) is 0. The van der Waals surface area contributed by atoms with Crippen molar-refractivity contribution in [1.29, 1.82) is 0 Å². The Morgan fingerprint density at radius 1 is 0.737 bits per heavy atom. The van der Waals surface area contributed by atoms with E-state index in [0.717, 1.165) is 18.4 Å². The summed E-state index contributed by atoms with van der Waals surface area (Å²) >= 11 is 0. The lowest BCUT2D eigenvalue weighted by molar-refractivity contribution is 0.459. The first kappa shape index (κ1) is 16.1. The molecule has 1 rings (SSSR count). The Morgan fingerprint density at radius 2 is 1.37 bits per heavy atom. The van der Waals surface area contributed by atoms with Crippen LogP contribution in [-0.2, 0) is 12.8 Å². The predicted octanol–water partition coefficient (Wildman–Crippen LogP) is 5.39. The second kappa shape index (κ2) is 7.57. The molecule has 0 spiro atoms. The van der Waals surface area contributed by atoms with E-state index in [4.69, 9.17) is 0 Å². The maximum atomic E-state index is 10.4. The van der Waals surface area contributed by atoms with Crippen molar-refractivity contribution in [1.82, 2.24) is 0 Å². The largest absolute Gasteiger partial charge is 0.507 e. The summed E-state index contributed by atoms with van der Waals surface area (Å²) in [7, 11) is 0. The van der Waals surface area contributed by atoms with E-state index in [1.165, 1.54) is 54.4 Å². The minimum absolute atomic E-state index is 0.551. The summed E-state index contributed by atoms with van der Waals surface area (Å²) < 4.78 is 0. The standard InChI is InChI=1S/C18H30O/c1-6-8-9-10-11-12-17-16(7-2)14(4)13(3)15(5)18(17)19/h19H,6-12H2,1-5H3. The topological polar surface area (TPSA) is 20.2 Å². The Hall–Kier alpha value is -0.980. The van der Waals surface area contributed by atoms with Crippen LogP contribution in [-0.4, -0.2) is 5.11 Å². The normalized spacial score (nSPS) is 11.0. The van der Waals surface area contributed by atoms with Crippen molar-refractivity contribution in [3.05, 3.63) is 27.8 Å². The number of hydrogen-bond donors (Lipinski definition) is 1. The highest BCUT2D eigenvalue weighted by Gasteiger charge is 2.15. The number of aromatic hydroxyl groups is 1. The van der Waals surface area contributed by atoms with Crippen LogP contribution in [0.3, 0.4) is 0 Å². The average Bonchev–Trinajstić information content (AvgIpc) is 2.41. The maximum absolute atomic E-state index is 10.4. The van der Waals surface area contributed by atoms with Crippen LogP contribution >= 0.6 is 0 Å². The fourth-order valence-electron chi connectivity index (χ4n) is 2.93. The summed E-state index contributed by atoms with van der Waals surface area (Å²) in [6.07, 6.45) is 8.46. The first-order chi connectivity index (χ1) is 9.04. The van der Waals surface area contributed by atoms with Crippen molar-refractivity contribution < 1.29 is 5.11 Å². The molecule has 1 aromatic rings. The molecule has 1 N–H and O–H groups in total. The molecular formula is C18H30O. The molecule has 0 bridgehead atoms. The van der Waals surface area contributed by atoms with Gasteiger partial charge in [0.25, 0.3) is 0 Å². The first-order valence-corrected chi connectivity index (χ1v) is 7.84. The molecule has 0 atom stereocenters. The highest BCUT2D eigenvalue weighted by molar-refractivity contribution is 5.53. The van der Waals surface area contributed by atoms with Gasteiger partial charge in [-0.25, -0.2) is 0 Å². The van der Waals surface area contributed by atoms with Gasteiger partial charge in [0.1, 0.15) is 5.75 Å². The van der Waals surface area contributed by atoms with E-state index in [1.54, 1.807) is 0 Å². The predicted molar refractivity (Wildman–Crippen MR) is 84.2 cm³/mol. The van der Waals surface area contributed by atoms with E-state index in [2.05, 4.69) is 27.7 Å². The second-order valence-electron chi connectivity index (χ2n) is 5.70. The van der Waals surface area contributed by atoms with Gasteiger partial charge in [0.15, 0.2) is 0 Å². The second-order valence-corrected chi connectivity index (χ2v) is 5.70. The van der Waals surface area contributed by atoms with Gasteiger partial charge in [-0.3, -0.25) is 0 Å². The van der Waals surface area contributed by atoms with Crippen molar-refractivity contribution >= 4 is 0 Å². The molecule has 19 heavy (non-hydrogen) atoms. The van der Waals surface area contributed by atoms with Crippen molar-refractivity contribution in [2.75, 3.05) is 0 Å². The third kappa shape index (κ3) is 3.75. The summed E-state index contributed by atoms with van der Waals surface area (Å²) in [5.41, 5.74) is 6.28. The molecule has 1 nitrogen and oxygen atoms in total. The van der Waals surface area contributed by atoms with Gasteiger partial charge < -0.3 is 5.11 Å². The Bertz CT molecular complexity index is 418. The van der Waals surface area contributed by atoms with E-state index in [9.17, 15) is 5.11 Å². The van der Waals surface area contributed by atoms with Crippen molar-refractivity contribution in [3.8, 4) is 5.75 Å². The monoisotopic (exact) mass is 262 g/mol. The van der Waals surface area contributed by atoms with Crippen LogP contribution in [0.15, 0.2) is 0 Å². The van der Waals surface area contributed by atoms with Crippen molar-refractivity contribution in [3.63, 3.8) is 0 Å². The Kier molecular flexibility index (Phi) is 6.41. The van der Waals surface area contributed by atoms with E-state index >= 15 is 0 Å². The van der Waals surface area contributed by atoms with Gasteiger partial charge in [-0.15, -0.1) is 0 Å². The number of benzene rings is 1. The zero-order chi connectivity index (χ0) is 14.4.